The molecule has 16 nitrogen and oxygen atoms in total. The number of alkyl halides is 4. The molecule has 0 saturated carbocycles. The first kappa shape index (κ1) is 81.9. The van der Waals surface area contributed by atoms with Crippen molar-refractivity contribution in [3.63, 3.8) is 0 Å². The lowest BCUT2D eigenvalue weighted by atomic mass is 9.68. The van der Waals surface area contributed by atoms with E-state index in [4.69, 9.17) is 53.9 Å². The average Bonchev–Trinajstić information content (AvgIpc) is 3.43. The van der Waals surface area contributed by atoms with Gasteiger partial charge in [0.1, 0.15) is 5.25 Å². The zero-order chi connectivity index (χ0) is 62.1. The molecule has 6 unspecified atom stereocenters. The van der Waals surface area contributed by atoms with Crippen LogP contribution in [0.5, 0.6) is 0 Å². The van der Waals surface area contributed by atoms with Crippen molar-refractivity contribution in [3.8, 4) is 6.07 Å². The van der Waals surface area contributed by atoms with Gasteiger partial charge >= 0.3 is 56.2 Å². The van der Waals surface area contributed by atoms with Crippen LogP contribution in [0, 0.1) is 45.8 Å². The average molecular weight is 1300 g/mol. The maximum absolute atomic E-state index is 14.8. The molecule has 0 heterocycles. The minimum Gasteiger partial charge on any atom is -0.465 e. The summed E-state index contributed by atoms with van der Waals surface area (Å²) >= 11 is 11.0. The standard InChI is InChI=1S/C54H93F4NO15S5Si2.CH4/c1-39(75)79-44(49(64)73-25-19-31-81(14,67-7)68-8)35-42(47(62)70-22-16-28-77-10)33-40(45(60)69-21-15-27-76-9)32-41(46(61)72-24-18-30-80(12,13)66-6)34-43(48(63)71-23-17-29-78-11)36-52(4,37-51(2,3)38-59)50(65)74-26-20-54(57,58)53(5,55)56;/h40-44H,15-37H2,1-14H3;1H4. The van der Waals surface area contributed by atoms with E-state index in [-0.39, 0.29) is 66.6 Å². The second-order valence-electron chi connectivity index (χ2n) is 21.8. The monoisotopic (exact) mass is 1300 g/mol. The predicted molar refractivity (Wildman–Crippen MR) is 329 cm³/mol. The van der Waals surface area contributed by atoms with Crippen LogP contribution in [0.4, 0.5) is 17.6 Å². The summed E-state index contributed by atoms with van der Waals surface area (Å²) in [5, 5.41) is 9.14. The lowest BCUT2D eigenvalue weighted by molar-refractivity contribution is -0.207. The van der Waals surface area contributed by atoms with Crippen LogP contribution in [0.15, 0.2) is 0 Å². The molecule has 478 valence electrons. The largest absolute Gasteiger partial charge is 0.465 e. The van der Waals surface area contributed by atoms with E-state index >= 15 is 0 Å². The Balaban J connectivity index is 0. The van der Waals surface area contributed by atoms with Crippen LogP contribution in [-0.4, -0.2) is 171 Å². The van der Waals surface area contributed by atoms with Crippen LogP contribution in [0.1, 0.15) is 119 Å². The number of esters is 6. The third-order valence-electron chi connectivity index (χ3n) is 13.5. The topological polar surface area (TPSA) is 209 Å². The first-order valence-electron chi connectivity index (χ1n) is 27.2. The summed E-state index contributed by atoms with van der Waals surface area (Å²) in [6, 6.07) is 3.22. The molecule has 0 aromatic rings. The molecule has 0 saturated heterocycles. The van der Waals surface area contributed by atoms with Crippen molar-refractivity contribution in [1.82, 2.24) is 0 Å². The third kappa shape index (κ3) is 33.7. The van der Waals surface area contributed by atoms with Crippen LogP contribution in [0.25, 0.3) is 0 Å². The second kappa shape index (κ2) is 41.8. The van der Waals surface area contributed by atoms with E-state index in [0.717, 1.165) is 11.8 Å². The van der Waals surface area contributed by atoms with Gasteiger partial charge in [-0.15, -0.1) is 11.8 Å². The van der Waals surface area contributed by atoms with Crippen molar-refractivity contribution >= 4 is 116 Å². The number of thiocarbonyl (C=S) groups is 1. The molecule has 0 aliphatic heterocycles. The molecule has 27 heteroatoms. The Morgan fingerprint density at radius 1 is 0.573 bits per heavy atom. The maximum atomic E-state index is 14.8. The molecule has 0 aliphatic rings. The Hall–Kier alpha value is -2.17. The van der Waals surface area contributed by atoms with Crippen molar-refractivity contribution in [2.75, 3.05) is 97.0 Å². The highest BCUT2D eigenvalue weighted by atomic mass is 32.2. The smallest absolute Gasteiger partial charge is 0.334 e. The van der Waals surface area contributed by atoms with E-state index in [1.165, 1.54) is 44.3 Å². The molecule has 0 spiro atoms. The van der Waals surface area contributed by atoms with Gasteiger partial charge in [0.25, 0.3) is 0 Å². The van der Waals surface area contributed by atoms with Gasteiger partial charge in [-0.3, -0.25) is 28.8 Å². The zero-order valence-electron chi connectivity index (χ0n) is 50.3. The molecular weight excluding hydrogens is 1210 g/mol. The van der Waals surface area contributed by atoms with Gasteiger partial charge in [0.2, 0.25) is 0 Å². The number of hydrogen-bond acceptors (Lipinski definition) is 21. The summed E-state index contributed by atoms with van der Waals surface area (Å²) in [6.45, 7) is 10.6. The highest BCUT2D eigenvalue weighted by Crippen LogP contribution is 2.43. The number of hydrogen-bond donors (Lipinski definition) is 0. The lowest BCUT2D eigenvalue weighted by Crippen LogP contribution is -2.41. The highest BCUT2D eigenvalue weighted by molar-refractivity contribution is 8.23. The molecular formula is C55H97F4NO15S5Si2. The quantitative estimate of drug-likeness (QED) is 0.0139. The normalized spacial score (nSPS) is 14.8. The molecule has 0 amide bonds. The number of carbonyl (C=O) groups excluding carboxylic acids is 6. The molecule has 0 N–H and O–H groups in total. The Labute approximate surface area is 511 Å². The van der Waals surface area contributed by atoms with Gasteiger partial charge in [-0.05, 0) is 166 Å². The third-order valence-corrected chi connectivity index (χ3v) is 22.6. The molecule has 0 rings (SSSR count). The number of thioether (sulfide) groups is 4. The van der Waals surface area contributed by atoms with E-state index in [1.54, 1.807) is 40.0 Å². The first-order chi connectivity index (χ1) is 37.7. The molecule has 0 fully saturated rings. The number of rotatable bonds is 46. The van der Waals surface area contributed by atoms with Gasteiger partial charge in [-0.1, -0.05) is 19.6 Å². The van der Waals surface area contributed by atoms with Gasteiger partial charge in [0.15, 0.2) is 8.32 Å². The summed E-state index contributed by atoms with van der Waals surface area (Å²) in [7, 11) is 0.0665. The summed E-state index contributed by atoms with van der Waals surface area (Å²) < 4.78 is 108. The number of nitrogens with zero attached hydrogens (tertiary/aromatic N) is 1. The highest BCUT2D eigenvalue weighted by Gasteiger charge is 2.52. The van der Waals surface area contributed by atoms with Crippen LogP contribution < -0.4 is 0 Å². The van der Waals surface area contributed by atoms with Crippen molar-refractivity contribution < 1.29 is 88.0 Å². The molecule has 0 radical (unpaired) electrons. The first-order valence-corrected chi connectivity index (χ1v) is 38.3. The van der Waals surface area contributed by atoms with Crippen LogP contribution in [-0.2, 0) is 70.5 Å². The summed E-state index contributed by atoms with van der Waals surface area (Å²) in [6.07, 6.45) is 4.09. The Morgan fingerprint density at radius 2 is 0.963 bits per heavy atom. The molecule has 82 heavy (non-hydrogen) atoms. The van der Waals surface area contributed by atoms with Crippen molar-refractivity contribution in [2.45, 2.75) is 168 Å². The van der Waals surface area contributed by atoms with E-state index in [0.29, 0.717) is 65.6 Å². The molecule has 0 bridgehead atoms. The van der Waals surface area contributed by atoms with Crippen molar-refractivity contribution in [3.05, 3.63) is 0 Å². The fourth-order valence-corrected chi connectivity index (χ4v) is 13.6. The van der Waals surface area contributed by atoms with E-state index in [9.17, 15) is 51.6 Å². The Kier molecular flexibility index (Phi) is 41.8. The van der Waals surface area contributed by atoms with E-state index < -0.39 is 137 Å². The van der Waals surface area contributed by atoms with Gasteiger partial charge in [0, 0.05) is 32.4 Å². The van der Waals surface area contributed by atoms with E-state index in [2.05, 4.69) is 6.07 Å². The van der Waals surface area contributed by atoms with Crippen molar-refractivity contribution in [2.24, 2.45) is 34.5 Å². The number of carbonyl (C=O) groups is 6. The number of halogens is 4. The summed E-state index contributed by atoms with van der Waals surface area (Å²) in [5.74, 6) is -17.4. The van der Waals surface area contributed by atoms with E-state index in [1.807, 2.05) is 38.4 Å². The Bertz CT molecular complexity index is 1970. The minimum absolute atomic E-state index is 0. The summed E-state index contributed by atoms with van der Waals surface area (Å²) in [4.78, 5) is 86.5. The maximum Gasteiger partial charge on any atom is 0.334 e. The lowest BCUT2D eigenvalue weighted by Gasteiger charge is -2.35. The fraction of sp³-hybridized carbons (Fsp3) is 0.855. The minimum atomic E-state index is -4.55. The second-order valence-corrected chi connectivity index (χ2v) is 35.1. The number of ether oxygens (including phenoxy) is 6. The van der Waals surface area contributed by atoms with Gasteiger partial charge in [-0.2, -0.15) is 49.3 Å². The zero-order valence-corrected chi connectivity index (χ0v) is 56.4. The van der Waals surface area contributed by atoms with Crippen LogP contribution >= 0.6 is 59.3 Å². The van der Waals surface area contributed by atoms with Gasteiger partial charge in [0.05, 0.1) is 86.6 Å². The fourth-order valence-electron chi connectivity index (χ4n) is 8.58. The van der Waals surface area contributed by atoms with Gasteiger partial charge < -0.3 is 41.7 Å². The Morgan fingerprint density at radius 3 is 1.35 bits per heavy atom. The summed E-state index contributed by atoms with van der Waals surface area (Å²) in [5.41, 5.74) is -3.18. The molecule has 0 aliphatic carbocycles. The molecule has 0 aromatic carbocycles. The van der Waals surface area contributed by atoms with Crippen LogP contribution in [0.2, 0.25) is 31.7 Å². The molecule has 0 aromatic heterocycles. The predicted octanol–water partition coefficient (Wildman–Crippen LogP) is 12.6. The number of nitriles is 1. The molecule has 6 atom stereocenters. The van der Waals surface area contributed by atoms with Crippen molar-refractivity contribution in [1.29, 1.82) is 5.26 Å². The van der Waals surface area contributed by atoms with Gasteiger partial charge in [-0.25, -0.2) is 8.78 Å². The SMILES string of the molecule is C.CO[Si](C)(C)CCCOC(=O)C(CC(CC(CC(SC(C)=S)C(=O)OCCC[Si](C)(OC)OC)C(=O)OCCCSC)C(=O)OCCCSC)CC(CC(C)(CC(C)(C)C#N)C(=O)OCCC(F)(F)C(C)(F)F)C(=O)OCCCSC. The van der Waals surface area contributed by atoms with Crippen LogP contribution in [0.3, 0.4) is 0 Å².